The van der Waals surface area contributed by atoms with Crippen molar-refractivity contribution in [2.45, 2.75) is 25.7 Å². The maximum Gasteiger partial charge on any atom is 0.416 e. The Kier molecular flexibility index (Phi) is 4.49. The van der Waals surface area contributed by atoms with Crippen LogP contribution in [0.2, 0.25) is 0 Å². The van der Waals surface area contributed by atoms with E-state index in [1.54, 1.807) is 0 Å². The number of fused-ring (bicyclic) bond motifs is 1. The predicted molar refractivity (Wildman–Crippen MR) is 83.2 cm³/mol. The largest absolute Gasteiger partial charge is 0.506 e. The lowest BCUT2D eigenvalue weighted by atomic mass is 10.0. The van der Waals surface area contributed by atoms with E-state index in [0.717, 1.165) is 16.7 Å². The van der Waals surface area contributed by atoms with E-state index in [4.69, 9.17) is 4.74 Å². The number of carbonyl (C=O) groups is 1. The second-order valence-electron chi connectivity index (χ2n) is 5.84. The molecule has 1 aliphatic heterocycles. The van der Waals surface area contributed by atoms with Crippen molar-refractivity contribution >= 4 is 5.97 Å². The van der Waals surface area contributed by atoms with Gasteiger partial charge in [-0.3, -0.25) is 4.79 Å². The molecule has 0 atom stereocenters. The molecule has 2 aromatic rings. The van der Waals surface area contributed by atoms with E-state index in [9.17, 15) is 33.0 Å². The standard InChI is InChI=1S/C17H14F3NO5/c18-17(19,20)10-3-1-9(2-4-10)7-21-12-8-26-6-5-11(12)14(22)13(15(21)23)16(24)25/h1-4,22H,5-8H2,(H,24,25). The molecule has 0 radical (unpaired) electrons. The molecule has 0 saturated carbocycles. The number of halogens is 3. The molecule has 0 unspecified atom stereocenters. The van der Waals surface area contributed by atoms with Crippen molar-refractivity contribution in [2.75, 3.05) is 6.61 Å². The van der Waals surface area contributed by atoms with Crippen LogP contribution in [0.15, 0.2) is 29.1 Å². The summed E-state index contributed by atoms with van der Waals surface area (Å²) in [5, 5.41) is 19.4. The Labute approximate surface area is 145 Å². The van der Waals surface area contributed by atoms with Gasteiger partial charge in [-0.2, -0.15) is 13.2 Å². The van der Waals surface area contributed by atoms with Gasteiger partial charge in [-0.1, -0.05) is 12.1 Å². The van der Waals surface area contributed by atoms with Gasteiger partial charge in [0.2, 0.25) is 0 Å². The highest BCUT2D eigenvalue weighted by Gasteiger charge is 2.30. The number of aromatic hydroxyl groups is 1. The van der Waals surface area contributed by atoms with Crippen LogP contribution in [0.1, 0.15) is 32.7 Å². The lowest BCUT2D eigenvalue weighted by Crippen LogP contribution is -2.33. The molecule has 0 amide bonds. The highest BCUT2D eigenvalue weighted by atomic mass is 19.4. The first kappa shape index (κ1) is 18.0. The third kappa shape index (κ3) is 3.17. The minimum Gasteiger partial charge on any atom is -0.506 e. The van der Waals surface area contributed by atoms with E-state index in [1.165, 1.54) is 12.1 Å². The van der Waals surface area contributed by atoms with Crippen LogP contribution < -0.4 is 5.56 Å². The van der Waals surface area contributed by atoms with E-state index in [0.29, 0.717) is 16.8 Å². The summed E-state index contributed by atoms with van der Waals surface area (Å²) in [6, 6.07) is 4.22. The summed E-state index contributed by atoms with van der Waals surface area (Å²) in [4.78, 5) is 23.9. The maximum absolute atomic E-state index is 12.7. The van der Waals surface area contributed by atoms with Crippen LogP contribution in [0.3, 0.4) is 0 Å². The number of benzene rings is 1. The van der Waals surface area contributed by atoms with Gasteiger partial charge >= 0.3 is 12.1 Å². The van der Waals surface area contributed by atoms with Crippen LogP contribution in [0, 0.1) is 0 Å². The molecule has 3 rings (SSSR count). The summed E-state index contributed by atoms with van der Waals surface area (Å²) in [7, 11) is 0. The molecule has 9 heteroatoms. The van der Waals surface area contributed by atoms with Crippen molar-refractivity contribution in [3.63, 3.8) is 0 Å². The highest BCUT2D eigenvalue weighted by Crippen LogP contribution is 2.30. The first-order valence-corrected chi connectivity index (χ1v) is 7.65. The summed E-state index contributed by atoms with van der Waals surface area (Å²) >= 11 is 0. The monoisotopic (exact) mass is 369 g/mol. The van der Waals surface area contributed by atoms with Crippen LogP contribution in [0.5, 0.6) is 5.75 Å². The smallest absolute Gasteiger partial charge is 0.416 e. The molecule has 6 nitrogen and oxygen atoms in total. The third-order valence-corrected chi connectivity index (χ3v) is 4.23. The zero-order valence-electron chi connectivity index (χ0n) is 13.3. The number of aromatic nitrogens is 1. The number of pyridine rings is 1. The van der Waals surface area contributed by atoms with Crippen molar-refractivity contribution in [2.24, 2.45) is 0 Å². The second-order valence-corrected chi connectivity index (χ2v) is 5.84. The predicted octanol–water partition coefficient (Wildman–Crippen LogP) is 2.39. The molecule has 0 fully saturated rings. The van der Waals surface area contributed by atoms with E-state index < -0.39 is 34.6 Å². The molecule has 2 heterocycles. The maximum atomic E-state index is 12.7. The average molecular weight is 369 g/mol. The van der Waals surface area contributed by atoms with Gasteiger partial charge in [-0.15, -0.1) is 0 Å². The number of alkyl halides is 3. The van der Waals surface area contributed by atoms with Gasteiger partial charge in [0.05, 0.1) is 31.0 Å². The molecule has 1 aromatic carbocycles. The van der Waals surface area contributed by atoms with Crippen LogP contribution in [0.4, 0.5) is 13.2 Å². The topological polar surface area (TPSA) is 88.8 Å². The van der Waals surface area contributed by atoms with Crippen LogP contribution in [0.25, 0.3) is 0 Å². The van der Waals surface area contributed by atoms with Crippen molar-refractivity contribution < 1.29 is 32.9 Å². The highest BCUT2D eigenvalue weighted by molar-refractivity contribution is 5.91. The summed E-state index contributed by atoms with van der Waals surface area (Å²) < 4.78 is 44.4. The van der Waals surface area contributed by atoms with Gasteiger partial charge in [0.25, 0.3) is 5.56 Å². The third-order valence-electron chi connectivity index (χ3n) is 4.23. The number of carboxylic acids is 1. The van der Waals surface area contributed by atoms with Crippen LogP contribution in [-0.2, 0) is 30.5 Å². The Morgan fingerprint density at radius 1 is 1.23 bits per heavy atom. The van der Waals surface area contributed by atoms with E-state index in [-0.39, 0.29) is 26.2 Å². The van der Waals surface area contributed by atoms with E-state index in [1.807, 2.05) is 0 Å². The molecule has 1 aliphatic rings. The van der Waals surface area contributed by atoms with E-state index in [2.05, 4.69) is 0 Å². The van der Waals surface area contributed by atoms with Gasteiger partial charge in [0, 0.05) is 12.0 Å². The molecule has 1 aromatic heterocycles. The van der Waals surface area contributed by atoms with Crippen LogP contribution in [-0.4, -0.2) is 27.4 Å². The fourth-order valence-electron chi connectivity index (χ4n) is 2.92. The second kappa shape index (κ2) is 6.49. The van der Waals surface area contributed by atoms with Gasteiger partial charge < -0.3 is 19.5 Å². The Balaban J connectivity index is 2.09. The van der Waals surface area contributed by atoms with Crippen molar-refractivity contribution in [3.8, 4) is 5.75 Å². The zero-order chi connectivity index (χ0) is 19.1. The van der Waals surface area contributed by atoms with Gasteiger partial charge in [0.15, 0.2) is 5.56 Å². The van der Waals surface area contributed by atoms with Crippen molar-refractivity contribution in [3.05, 3.63) is 62.6 Å². The number of aromatic carboxylic acids is 1. The molecule has 26 heavy (non-hydrogen) atoms. The minimum absolute atomic E-state index is 0.00132. The van der Waals surface area contributed by atoms with Crippen molar-refractivity contribution in [1.82, 2.24) is 4.57 Å². The lowest BCUT2D eigenvalue weighted by molar-refractivity contribution is -0.137. The van der Waals surface area contributed by atoms with Crippen molar-refractivity contribution in [1.29, 1.82) is 0 Å². The molecular formula is C17H14F3NO5. The first-order valence-electron chi connectivity index (χ1n) is 7.65. The first-order chi connectivity index (χ1) is 12.2. The number of carboxylic acid groups (broad SMARTS) is 1. The summed E-state index contributed by atoms with van der Waals surface area (Å²) in [6.07, 6.45) is -4.24. The fraction of sp³-hybridized carbons (Fsp3) is 0.294. The van der Waals surface area contributed by atoms with E-state index >= 15 is 0 Å². The molecule has 0 bridgehead atoms. The number of rotatable bonds is 3. The van der Waals surface area contributed by atoms with Gasteiger partial charge in [0.1, 0.15) is 5.75 Å². The number of hydrogen-bond acceptors (Lipinski definition) is 4. The summed E-state index contributed by atoms with van der Waals surface area (Å²) in [6.45, 7) is 0.125. The van der Waals surface area contributed by atoms with Gasteiger partial charge in [-0.05, 0) is 17.7 Å². The minimum atomic E-state index is -4.47. The average Bonchev–Trinajstić information content (AvgIpc) is 2.58. The summed E-state index contributed by atoms with van der Waals surface area (Å²) in [5.74, 6) is -2.15. The molecule has 2 N–H and O–H groups in total. The summed E-state index contributed by atoms with van der Waals surface area (Å²) in [5.41, 5.74) is -1.49. The Morgan fingerprint density at radius 2 is 1.88 bits per heavy atom. The molecule has 0 saturated heterocycles. The van der Waals surface area contributed by atoms with Crippen LogP contribution >= 0.6 is 0 Å². The number of nitrogens with zero attached hydrogens (tertiary/aromatic N) is 1. The Morgan fingerprint density at radius 3 is 2.46 bits per heavy atom. The number of hydrogen-bond donors (Lipinski definition) is 2. The molecule has 0 aliphatic carbocycles. The SMILES string of the molecule is O=C(O)c1c(O)c2c(n(Cc3ccc(C(F)(F)F)cc3)c1=O)COCC2. The normalized spacial score (nSPS) is 14.1. The molecular weight excluding hydrogens is 355 g/mol. The fourth-order valence-corrected chi connectivity index (χ4v) is 2.92. The molecule has 138 valence electrons. The Bertz CT molecular complexity index is 916. The van der Waals surface area contributed by atoms with Gasteiger partial charge in [-0.25, -0.2) is 4.79 Å². The zero-order valence-corrected chi connectivity index (χ0v) is 13.3. The number of ether oxygens (including phenoxy) is 1. The Hall–Kier alpha value is -2.81. The molecule has 0 spiro atoms. The quantitative estimate of drug-likeness (QED) is 0.867. The lowest BCUT2D eigenvalue weighted by Gasteiger charge is -2.23.